The topological polar surface area (TPSA) is 148 Å². The van der Waals surface area contributed by atoms with Crippen molar-refractivity contribution in [2.45, 2.75) is 12.6 Å². The molecule has 1 unspecified atom stereocenters. The highest BCUT2D eigenvalue weighted by atomic mass is 32.1. The van der Waals surface area contributed by atoms with Crippen molar-refractivity contribution in [1.29, 1.82) is 0 Å². The molecule has 5 heterocycles. The number of nitrogens with zero attached hydrogens (tertiary/aromatic N) is 4. The van der Waals surface area contributed by atoms with Crippen LogP contribution in [-0.4, -0.2) is 42.8 Å². The maximum atomic E-state index is 13.5. The van der Waals surface area contributed by atoms with Crippen LogP contribution in [0.4, 0.5) is 5.13 Å². The number of aliphatic hydroxyl groups excluding tert-OH is 1. The number of pyridine rings is 2. The molecule has 2 amide bonds. The number of nitrogens with one attached hydrogen (secondary N) is 2. The van der Waals surface area contributed by atoms with Crippen LogP contribution >= 0.6 is 22.7 Å². The van der Waals surface area contributed by atoms with E-state index in [-0.39, 0.29) is 18.1 Å². The van der Waals surface area contributed by atoms with Gasteiger partial charge in [-0.3, -0.25) is 19.0 Å². The van der Waals surface area contributed by atoms with Crippen molar-refractivity contribution in [3.8, 4) is 11.3 Å². The molecule has 1 aromatic carbocycles. The number of thiophene rings is 1. The van der Waals surface area contributed by atoms with E-state index in [9.17, 15) is 14.7 Å². The number of aliphatic hydroxyl groups is 1. The molecule has 0 fully saturated rings. The molecule has 12 heteroatoms. The molecule has 40 heavy (non-hydrogen) atoms. The largest absolute Gasteiger partial charge is 0.387 e. The summed E-state index contributed by atoms with van der Waals surface area (Å²) in [6, 6.07) is 14.4. The minimum Gasteiger partial charge on any atom is -0.387 e. The Morgan fingerprint density at radius 3 is 2.70 bits per heavy atom. The molecule has 5 aromatic heterocycles. The summed E-state index contributed by atoms with van der Waals surface area (Å²) < 4.78 is 2.56. The molecule has 0 spiro atoms. The van der Waals surface area contributed by atoms with Crippen LogP contribution in [0.5, 0.6) is 0 Å². The normalized spacial score (nSPS) is 12.0. The van der Waals surface area contributed by atoms with E-state index in [0.717, 1.165) is 21.3 Å². The molecule has 0 aliphatic rings. The zero-order valence-corrected chi connectivity index (χ0v) is 22.6. The third-order valence-corrected chi connectivity index (χ3v) is 7.90. The Hall–Kier alpha value is -4.65. The number of benzene rings is 1. The predicted molar refractivity (Wildman–Crippen MR) is 155 cm³/mol. The molecule has 1 atom stereocenters. The lowest BCUT2D eigenvalue weighted by Gasteiger charge is -2.12. The highest BCUT2D eigenvalue weighted by Gasteiger charge is 2.24. The molecule has 6 rings (SSSR count). The Morgan fingerprint density at radius 2 is 1.90 bits per heavy atom. The minimum absolute atomic E-state index is 0.00487. The van der Waals surface area contributed by atoms with Crippen molar-refractivity contribution in [3.63, 3.8) is 0 Å². The number of carbonyl (C=O) groups is 2. The number of anilines is 1. The van der Waals surface area contributed by atoms with Crippen LogP contribution in [-0.2, 0) is 6.54 Å². The number of aromatic nitrogens is 4. The van der Waals surface area contributed by atoms with Gasteiger partial charge in [-0.15, -0.1) is 0 Å². The summed E-state index contributed by atoms with van der Waals surface area (Å²) >= 11 is 2.88. The van der Waals surface area contributed by atoms with Gasteiger partial charge in [0.1, 0.15) is 11.4 Å². The van der Waals surface area contributed by atoms with Crippen LogP contribution in [0.25, 0.3) is 27.1 Å². The first kappa shape index (κ1) is 25.6. The second-order valence-electron chi connectivity index (χ2n) is 8.98. The average molecular weight is 570 g/mol. The van der Waals surface area contributed by atoms with Gasteiger partial charge >= 0.3 is 0 Å². The molecule has 0 saturated heterocycles. The molecule has 0 aliphatic heterocycles. The van der Waals surface area contributed by atoms with Crippen molar-refractivity contribution in [1.82, 2.24) is 30.0 Å². The third-order valence-electron chi connectivity index (χ3n) is 6.37. The van der Waals surface area contributed by atoms with Gasteiger partial charge in [0.2, 0.25) is 0 Å². The summed E-state index contributed by atoms with van der Waals surface area (Å²) in [7, 11) is 0. The SMILES string of the molecule is Nc1nc2ccc(CNC(=O)c3cccn4c(C(=O)NCC(O)c5ccncc5)c(-c5ccsc5)nc34)cc2s1. The lowest BCUT2D eigenvalue weighted by molar-refractivity contribution is 0.0909. The van der Waals surface area contributed by atoms with E-state index in [1.165, 1.54) is 22.7 Å². The van der Waals surface area contributed by atoms with Crippen molar-refractivity contribution in [2.24, 2.45) is 0 Å². The zero-order valence-electron chi connectivity index (χ0n) is 20.9. The van der Waals surface area contributed by atoms with Crippen molar-refractivity contribution in [2.75, 3.05) is 12.3 Å². The molecular weight excluding hydrogens is 546 g/mol. The van der Waals surface area contributed by atoms with Crippen LogP contribution in [0.1, 0.15) is 38.1 Å². The molecule has 0 bridgehead atoms. The number of hydrogen-bond donors (Lipinski definition) is 4. The maximum Gasteiger partial charge on any atom is 0.270 e. The molecule has 0 saturated carbocycles. The van der Waals surface area contributed by atoms with E-state index >= 15 is 0 Å². The fourth-order valence-corrected chi connectivity index (χ4v) is 5.85. The number of amides is 2. The fourth-order valence-electron chi connectivity index (χ4n) is 4.41. The van der Waals surface area contributed by atoms with Gasteiger partial charge in [-0.1, -0.05) is 17.4 Å². The third kappa shape index (κ3) is 5.02. The summed E-state index contributed by atoms with van der Waals surface area (Å²) in [5.41, 5.74) is 10.4. The van der Waals surface area contributed by atoms with Gasteiger partial charge in [-0.05, 0) is 59.0 Å². The van der Waals surface area contributed by atoms with Crippen LogP contribution in [0, 0.1) is 0 Å². The van der Waals surface area contributed by atoms with E-state index in [0.29, 0.717) is 34.1 Å². The first-order chi connectivity index (χ1) is 19.5. The lowest BCUT2D eigenvalue weighted by atomic mass is 10.1. The van der Waals surface area contributed by atoms with Crippen molar-refractivity contribution in [3.05, 3.63) is 100 Å². The van der Waals surface area contributed by atoms with Gasteiger partial charge in [0.05, 0.1) is 21.9 Å². The highest BCUT2D eigenvalue weighted by Crippen LogP contribution is 2.28. The monoisotopic (exact) mass is 569 g/mol. The molecule has 5 N–H and O–H groups in total. The van der Waals surface area contributed by atoms with Crippen LogP contribution in [0.2, 0.25) is 0 Å². The number of nitrogens with two attached hydrogens (primary N) is 1. The number of imidazole rings is 1. The average Bonchev–Trinajstić information content (AvgIpc) is 3.72. The summed E-state index contributed by atoms with van der Waals surface area (Å²) in [5, 5.41) is 20.6. The highest BCUT2D eigenvalue weighted by molar-refractivity contribution is 7.22. The standard InChI is InChI=1S/C28H23N7O3S2/c29-28-33-20-4-3-16(12-22(20)40-28)13-31-26(37)19-2-1-10-35-24(23(34-25(19)35)18-7-11-39-15-18)27(38)32-14-21(36)17-5-8-30-9-6-17/h1-12,15,21,36H,13-14H2,(H2,29,33)(H,31,37)(H,32,38). The van der Waals surface area contributed by atoms with Gasteiger partial charge < -0.3 is 21.5 Å². The van der Waals surface area contributed by atoms with Crippen LogP contribution < -0.4 is 16.4 Å². The first-order valence-corrected chi connectivity index (χ1v) is 14.1. The number of fused-ring (bicyclic) bond motifs is 2. The van der Waals surface area contributed by atoms with Gasteiger partial charge in [-0.2, -0.15) is 11.3 Å². The Morgan fingerprint density at radius 1 is 1.05 bits per heavy atom. The Labute approximate surface area is 236 Å². The Kier molecular flexibility index (Phi) is 6.95. The van der Waals surface area contributed by atoms with Gasteiger partial charge in [0.15, 0.2) is 10.8 Å². The zero-order chi connectivity index (χ0) is 27.6. The number of nitrogen functional groups attached to an aromatic ring is 1. The molecule has 0 radical (unpaired) electrons. The molecule has 10 nitrogen and oxygen atoms in total. The fraction of sp³-hybridized carbons (Fsp3) is 0.107. The number of thiazole rings is 1. The summed E-state index contributed by atoms with van der Waals surface area (Å²) in [6.45, 7) is 0.293. The number of carbonyl (C=O) groups excluding carboxylic acids is 2. The van der Waals surface area contributed by atoms with E-state index < -0.39 is 12.0 Å². The smallest absolute Gasteiger partial charge is 0.270 e. The molecular formula is C28H23N7O3S2. The van der Waals surface area contributed by atoms with Gasteiger partial charge in [-0.25, -0.2) is 9.97 Å². The lowest BCUT2D eigenvalue weighted by Crippen LogP contribution is -2.30. The minimum atomic E-state index is -0.905. The predicted octanol–water partition coefficient (Wildman–Crippen LogP) is 4.04. The van der Waals surface area contributed by atoms with Crippen molar-refractivity contribution >= 4 is 55.5 Å². The van der Waals surface area contributed by atoms with E-state index in [1.807, 2.05) is 35.0 Å². The van der Waals surface area contributed by atoms with Gasteiger partial charge in [0, 0.05) is 42.6 Å². The Balaban J connectivity index is 1.28. The van der Waals surface area contributed by atoms with E-state index in [1.54, 1.807) is 47.3 Å². The molecule has 200 valence electrons. The second-order valence-corrected chi connectivity index (χ2v) is 10.8. The number of rotatable bonds is 8. The second kappa shape index (κ2) is 10.8. The van der Waals surface area contributed by atoms with Crippen LogP contribution in [0.3, 0.4) is 0 Å². The summed E-state index contributed by atoms with van der Waals surface area (Å²) in [4.78, 5) is 39.7. The maximum absolute atomic E-state index is 13.5. The van der Waals surface area contributed by atoms with Crippen LogP contribution in [0.15, 0.2) is 77.9 Å². The first-order valence-electron chi connectivity index (χ1n) is 12.3. The Bertz CT molecular complexity index is 1830. The number of hydrogen-bond acceptors (Lipinski definition) is 9. The van der Waals surface area contributed by atoms with E-state index in [2.05, 4.69) is 20.6 Å². The van der Waals surface area contributed by atoms with Crippen molar-refractivity contribution < 1.29 is 14.7 Å². The van der Waals surface area contributed by atoms with E-state index in [4.69, 9.17) is 10.7 Å². The van der Waals surface area contributed by atoms with Gasteiger partial charge in [0.25, 0.3) is 11.8 Å². The quantitative estimate of drug-likeness (QED) is 0.216. The summed E-state index contributed by atoms with van der Waals surface area (Å²) in [6.07, 6.45) is 3.96. The molecule has 0 aliphatic carbocycles. The molecule has 6 aromatic rings. The summed E-state index contributed by atoms with van der Waals surface area (Å²) in [5.74, 6) is -0.743.